The third-order valence-electron chi connectivity index (χ3n) is 3.00. The Hall–Kier alpha value is -3.86. The molecular weight excluding hydrogens is 320 g/mol. The number of hydrazone groups is 1. The van der Waals surface area contributed by atoms with Crippen LogP contribution >= 0.6 is 0 Å². The van der Waals surface area contributed by atoms with Crippen molar-refractivity contribution in [2.45, 2.75) is 6.61 Å². The maximum atomic E-state index is 11.8. The average Bonchev–Trinajstić information content (AvgIpc) is 2.62. The summed E-state index contributed by atoms with van der Waals surface area (Å²) in [7, 11) is 0. The number of nitrogens with one attached hydrogen (secondary N) is 3. The normalized spacial score (nSPS) is 10.4. The van der Waals surface area contributed by atoms with Crippen LogP contribution in [0, 0.1) is 16.7 Å². The number of benzene rings is 2. The minimum absolute atomic E-state index is 0.184. The number of hydrogen-bond acceptors (Lipinski definition) is 6. The van der Waals surface area contributed by atoms with Crippen LogP contribution in [0.1, 0.15) is 5.56 Å². The molecule has 8 nitrogen and oxygen atoms in total. The Balaban J connectivity index is 1.86. The quantitative estimate of drug-likeness (QED) is 0.365. The molecule has 8 heteroatoms. The summed E-state index contributed by atoms with van der Waals surface area (Å²) in [5.74, 6) is -0.422. The lowest BCUT2D eigenvalue weighted by molar-refractivity contribution is 0.155. The molecule has 25 heavy (non-hydrogen) atoms. The second kappa shape index (κ2) is 8.69. The van der Waals surface area contributed by atoms with Gasteiger partial charge in [-0.15, -0.1) is 0 Å². The molecule has 0 saturated heterocycles. The fourth-order valence-electron chi connectivity index (χ4n) is 1.77. The van der Waals surface area contributed by atoms with Gasteiger partial charge >= 0.3 is 6.09 Å². The molecule has 1 amide bonds. The van der Waals surface area contributed by atoms with Crippen molar-refractivity contribution in [3.63, 3.8) is 0 Å². The summed E-state index contributed by atoms with van der Waals surface area (Å²) in [5.41, 5.74) is 9.58. The van der Waals surface area contributed by atoms with Crippen LogP contribution in [0.3, 0.4) is 0 Å². The summed E-state index contributed by atoms with van der Waals surface area (Å²) in [6.07, 6.45) is -0.564. The molecule has 0 fully saturated rings. The summed E-state index contributed by atoms with van der Waals surface area (Å²) < 4.78 is 5.12. The molecule has 2 aromatic rings. The molecule has 0 aromatic heterocycles. The molecule has 2 rings (SSSR count). The van der Waals surface area contributed by atoms with E-state index in [0.29, 0.717) is 11.4 Å². The third kappa shape index (κ3) is 5.69. The standard InChI is InChI=1S/C17H16N6O2/c18-10-15(16(19)20)23-22-14-8-6-13(7-9-14)21-17(24)25-11-12-4-2-1-3-5-12/h1-9,22H,11H2,(H3,19,20)(H,21,24)/b23-15+. The average molecular weight is 336 g/mol. The molecule has 126 valence electrons. The Labute approximate surface area is 144 Å². The van der Waals surface area contributed by atoms with Gasteiger partial charge in [0, 0.05) is 5.69 Å². The Kier molecular flexibility index (Phi) is 6.08. The predicted molar refractivity (Wildman–Crippen MR) is 95.3 cm³/mol. The lowest BCUT2D eigenvalue weighted by atomic mass is 10.2. The number of nitrogens with two attached hydrogens (primary N) is 1. The van der Waals surface area contributed by atoms with Gasteiger partial charge in [0.1, 0.15) is 12.7 Å². The van der Waals surface area contributed by atoms with Crippen LogP contribution in [0.2, 0.25) is 0 Å². The highest BCUT2D eigenvalue weighted by atomic mass is 16.5. The Bertz CT molecular complexity index is 809. The molecule has 0 unspecified atom stereocenters. The van der Waals surface area contributed by atoms with Crippen LogP contribution in [0.5, 0.6) is 0 Å². The fraction of sp³-hybridized carbons (Fsp3) is 0.0588. The highest BCUT2D eigenvalue weighted by molar-refractivity contribution is 6.45. The van der Waals surface area contributed by atoms with E-state index in [4.69, 9.17) is 21.1 Å². The molecule has 0 bridgehead atoms. The number of ether oxygens (including phenoxy) is 1. The first kappa shape index (κ1) is 17.5. The molecule has 0 aliphatic rings. The van der Waals surface area contributed by atoms with Crippen LogP contribution in [0.4, 0.5) is 16.2 Å². The van der Waals surface area contributed by atoms with Crippen molar-refractivity contribution in [2.24, 2.45) is 10.8 Å². The van der Waals surface area contributed by atoms with Gasteiger partial charge in [-0.2, -0.15) is 10.4 Å². The highest BCUT2D eigenvalue weighted by Crippen LogP contribution is 2.14. The van der Waals surface area contributed by atoms with Crippen molar-refractivity contribution < 1.29 is 9.53 Å². The van der Waals surface area contributed by atoms with Gasteiger partial charge in [0.15, 0.2) is 5.84 Å². The topological polar surface area (TPSA) is 136 Å². The van der Waals surface area contributed by atoms with Crippen LogP contribution in [-0.4, -0.2) is 17.6 Å². The number of nitriles is 1. The maximum Gasteiger partial charge on any atom is 0.411 e. The lowest BCUT2D eigenvalue weighted by Crippen LogP contribution is -2.21. The summed E-state index contributed by atoms with van der Waals surface area (Å²) in [6.45, 7) is 0.184. The highest BCUT2D eigenvalue weighted by Gasteiger charge is 2.04. The molecular formula is C17H16N6O2. The SMILES string of the molecule is N#C/C(=N\Nc1ccc(NC(=O)OCc2ccccc2)cc1)C(=N)N. The predicted octanol–water partition coefficient (Wildman–Crippen LogP) is 2.66. The van der Waals surface area contributed by atoms with E-state index in [9.17, 15) is 4.79 Å². The number of amidine groups is 1. The zero-order valence-corrected chi connectivity index (χ0v) is 13.2. The molecule has 2 aromatic carbocycles. The van der Waals surface area contributed by atoms with Crippen molar-refractivity contribution in [2.75, 3.05) is 10.7 Å². The minimum Gasteiger partial charge on any atom is -0.444 e. The van der Waals surface area contributed by atoms with E-state index < -0.39 is 11.9 Å². The molecule has 5 N–H and O–H groups in total. The Morgan fingerprint density at radius 1 is 1.16 bits per heavy atom. The molecule has 0 radical (unpaired) electrons. The van der Waals surface area contributed by atoms with Crippen LogP contribution in [0.25, 0.3) is 0 Å². The minimum atomic E-state index is -0.564. The first-order valence-corrected chi connectivity index (χ1v) is 7.24. The number of hydrogen-bond donors (Lipinski definition) is 4. The summed E-state index contributed by atoms with van der Waals surface area (Å²) in [6, 6.07) is 17.6. The van der Waals surface area contributed by atoms with Gasteiger partial charge in [-0.1, -0.05) is 30.3 Å². The third-order valence-corrected chi connectivity index (χ3v) is 3.00. The number of rotatable bonds is 6. The van der Waals surface area contributed by atoms with Gasteiger partial charge in [-0.05, 0) is 29.8 Å². The summed E-state index contributed by atoms with van der Waals surface area (Å²) in [4.78, 5) is 11.8. The Morgan fingerprint density at radius 2 is 1.80 bits per heavy atom. The van der Waals surface area contributed by atoms with Gasteiger partial charge in [-0.25, -0.2) is 4.79 Å². The van der Waals surface area contributed by atoms with Crippen molar-refractivity contribution in [1.29, 1.82) is 10.7 Å². The smallest absolute Gasteiger partial charge is 0.411 e. The van der Waals surface area contributed by atoms with Crippen LogP contribution < -0.4 is 16.5 Å². The molecule has 0 spiro atoms. The van der Waals surface area contributed by atoms with E-state index in [2.05, 4.69) is 15.8 Å². The first-order chi connectivity index (χ1) is 12.1. The maximum absolute atomic E-state index is 11.8. The number of carbonyl (C=O) groups is 1. The van der Waals surface area contributed by atoms with Gasteiger partial charge < -0.3 is 10.5 Å². The van der Waals surface area contributed by atoms with E-state index in [1.54, 1.807) is 30.3 Å². The molecule has 0 aliphatic carbocycles. The molecule has 0 atom stereocenters. The summed E-state index contributed by atoms with van der Waals surface area (Å²) in [5, 5.41) is 22.2. The van der Waals surface area contributed by atoms with Crippen LogP contribution in [-0.2, 0) is 11.3 Å². The van der Waals surface area contributed by atoms with Gasteiger partial charge in [0.25, 0.3) is 0 Å². The van der Waals surface area contributed by atoms with Crippen molar-refractivity contribution in [3.05, 3.63) is 60.2 Å². The van der Waals surface area contributed by atoms with E-state index in [0.717, 1.165) is 5.56 Å². The molecule has 0 heterocycles. The first-order valence-electron chi connectivity index (χ1n) is 7.24. The zero-order valence-electron chi connectivity index (χ0n) is 13.2. The fourth-order valence-corrected chi connectivity index (χ4v) is 1.77. The second-order valence-corrected chi connectivity index (χ2v) is 4.86. The largest absolute Gasteiger partial charge is 0.444 e. The van der Waals surface area contributed by atoms with Gasteiger partial charge in [-0.3, -0.25) is 16.2 Å². The number of amides is 1. The Morgan fingerprint density at radius 3 is 2.40 bits per heavy atom. The van der Waals surface area contributed by atoms with Gasteiger partial charge in [0.2, 0.25) is 5.71 Å². The van der Waals surface area contributed by atoms with Crippen molar-refractivity contribution in [1.82, 2.24) is 0 Å². The van der Waals surface area contributed by atoms with Crippen molar-refractivity contribution >= 4 is 29.0 Å². The van der Waals surface area contributed by atoms with Crippen LogP contribution in [0.15, 0.2) is 59.7 Å². The molecule has 0 aliphatic heterocycles. The van der Waals surface area contributed by atoms with E-state index in [1.165, 1.54) is 0 Å². The second-order valence-electron chi connectivity index (χ2n) is 4.86. The van der Waals surface area contributed by atoms with E-state index in [-0.39, 0.29) is 12.3 Å². The zero-order chi connectivity index (χ0) is 18.1. The summed E-state index contributed by atoms with van der Waals surface area (Å²) >= 11 is 0. The number of carbonyl (C=O) groups excluding carboxylic acids is 1. The monoisotopic (exact) mass is 336 g/mol. The van der Waals surface area contributed by atoms with E-state index in [1.807, 2.05) is 30.3 Å². The molecule has 0 saturated carbocycles. The lowest BCUT2D eigenvalue weighted by Gasteiger charge is -2.08. The number of nitrogens with zero attached hydrogens (tertiary/aromatic N) is 2. The van der Waals surface area contributed by atoms with Crippen molar-refractivity contribution in [3.8, 4) is 6.07 Å². The number of anilines is 2. The van der Waals surface area contributed by atoms with Gasteiger partial charge in [0.05, 0.1) is 5.69 Å². The van der Waals surface area contributed by atoms with E-state index >= 15 is 0 Å².